The molecule has 6 heteroatoms. The van der Waals surface area contributed by atoms with E-state index in [1.165, 1.54) is 0 Å². The van der Waals surface area contributed by atoms with Crippen LogP contribution in [0.1, 0.15) is 35.2 Å². The largest absolute Gasteiger partial charge is 0.339 e. The van der Waals surface area contributed by atoms with Gasteiger partial charge in [0, 0.05) is 26.1 Å². The number of nitrogens with zero attached hydrogens (tertiary/aromatic N) is 1. The number of nitrogens with one attached hydrogen (secondary N) is 2. The number of carbonyl (C=O) groups excluding carboxylic acids is 2. The molecule has 5 nitrogen and oxygen atoms in total. The Balaban J connectivity index is 0.00000242. The van der Waals surface area contributed by atoms with Gasteiger partial charge in [0.25, 0.3) is 5.91 Å². The van der Waals surface area contributed by atoms with Gasteiger partial charge in [0.15, 0.2) is 0 Å². The van der Waals surface area contributed by atoms with Crippen molar-refractivity contribution in [2.75, 3.05) is 32.0 Å². The fraction of sp³-hybridized carbons (Fsp3) is 0.500. The summed E-state index contributed by atoms with van der Waals surface area (Å²) >= 11 is 0. The molecule has 2 rings (SSSR count). The van der Waals surface area contributed by atoms with Gasteiger partial charge >= 0.3 is 0 Å². The van der Waals surface area contributed by atoms with Crippen LogP contribution in [0.25, 0.3) is 0 Å². The van der Waals surface area contributed by atoms with Crippen molar-refractivity contribution in [3.05, 3.63) is 29.3 Å². The van der Waals surface area contributed by atoms with Crippen LogP contribution in [0.15, 0.2) is 18.2 Å². The van der Waals surface area contributed by atoms with Crippen molar-refractivity contribution in [1.29, 1.82) is 0 Å². The number of rotatable bonds is 5. The zero-order valence-corrected chi connectivity index (χ0v) is 14.0. The molecule has 0 aromatic heterocycles. The first-order chi connectivity index (χ1) is 10.1. The van der Waals surface area contributed by atoms with Crippen LogP contribution in [0, 0.1) is 6.92 Å². The molecular weight excluding hydrogens is 302 g/mol. The molecule has 1 saturated heterocycles. The summed E-state index contributed by atoms with van der Waals surface area (Å²) < 4.78 is 0. The Morgan fingerprint density at radius 2 is 1.91 bits per heavy atom. The maximum absolute atomic E-state index is 12.6. The smallest absolute Gasteiger partial charge is 0.256 e. The van der Waals surface area contributed by atoms with Gasteiger partial charge in [-0.05, 0) is 38.4 Å². The summed E-state index contributed by atoms with van der Waals surface area (Å²) in [5.41, 5.74) is 2.14. The normalized spacial score (nSPS) is 13.6. The number of likely N-dealkylation sites (tertiary alicyclic amines) is 1. The predicted molar refractivity (Wildman–Crippen MR) is 90.7 cm³/mol. The molecule has 0 radical (unpaired) electrons. The maximum Gasteiger partial charge on any atom is 0.256 e. The minimum absolute atomic E-state index is 0. The molecule has 1 aromatic carbocycles. The monoisotopic (exact) mass is 325 g/mol. The number of hydrogen-bond acceptors (Lipinski definition) is 3. The lowest BCUT2D eigenvalue weighted by molar-refractivity contribution is -0.116. The Labute approximate surface area is 137 Å². The molecular formula is C16H24ClN3O2. The zero-order chi connectivity index (χ0) is 15.2. The van der Waals surface area contributed by atoms with Crippen LogP contribution in [0.4, 0.5) is 5.69 Å². The Morgan fingerprint density at radius 3 is 2.55 bits per heavy atom. The average Bonchev–Trinajstić information content (AvgIpc) is 2.99. The molecule has 0 bridgehead atoms. The fourth-order valence-electron chi connectivity index (χ4n) is 2.59. The molecule has 2 amide bonds. The topological polar surface area (TPSA) is 61.4 Å². The molecule has 122 valence electrons. The lowest BCUT2D eigenvalue weighted by atomic mass is 10.0. The molecule has 1 heterocycles. The molecule has 1 aromatic rings. The molecule has 0 saturated carbocycles. The standard InChI is InChI=1S/C16H23N3O2.ClH/c1-12-6-5-7-13(18-14(20)8-9-17-2)15(12)16(21)19-10-3-4-11-19;/h5-7,17H,3-4,8-11H2,1-2H3,(H,18,20);1H. The van der Waals surface area contributed by atoms with Gasteiger partial charge < -0.3 is 15.5 Å². The van der Waals surface area contributed by atoms with E-state index in [0.29, 0.717) is 24.2 Å². The average molecular weight is 326 g/mol. The Hall–Kier alpha value is -1.59. The van der Waals surface area contributed by atoms with E-state index < -0.39 is 0 Å². The van der Waals surface area contributed by atoms with Gasteiger partial charge in [-0.3, -0.25) is 9.59 Å². The van der Waals surface area contributed by atoms with Gasteiger partial charge in [0.2, 0.25) is 5.91 Å². The van der Waals surface area contributed by atoms with E-state index in [4.69, 9.17) is 0 Å². The van der Waals surface area contributed by atoms with Crippen LogP contribution >= 0.6 is 12.4 Å². The number of halogens is 1. The molecule has 0 aliphatic carbocycles. The van der Waals surface area contributed by atoms with Gasteiger partial charge in [-0.25, -0.2) is 0 Å². The summed E-state index contributed by atoms with van der Waals surface area (Å²) in [5, 5.41) is 5.81. The number of anilines is 1. The molecule has 0 atom stereocenters. The second kappa shape index (κ2) is 8.76. The second-order valence-corrected chi connectivity index (χ2v) is 5.40. The van der Waals surface area contributed by atoms with Crippen LogP contribution < -0.4 is 10.6 Å². The molecule has 22 heavy (non-hydrogen) atoms. The third kappa shape index (κ3) is 4.45. The lowest BCUT2D eigenvalue weighted by Crippen LogP contribution is -2.29. The Bertz CT molecular complexity index is 528. The molecule has 1 fully saturated rings. The highest BCUT2D eigenvalue weighted by Gasteiger charge is 2.23. The number of aryl methyl sites for hydroxylation is 1. The molecule has 1 aliphatic heterocycles. The third-order valence-electron chi connectivity index (χ3n) is 3.76. The fourth-order valence-corrected chi connectivity index (χ4v) is 2.59. The summed E-state index contributed by atoms with van der Waals surface area (Å²) in [5.74, 6) is -0.0556. The lowest BCUT2D eigenvalue weighted by Gasteiger charge is -2.19. The van der Waals surface area contributed by atoms with Crippen molar-refractivity contribution in [2.45, 2.75) is 26.2 Å². The highest BCUT2D eigenvalue weighted by Crippen LogP contribution is 2.23. The van der Waals surface area contributed by atoms with Crippen LogP contribution in [0.2, 0.25) is 0 Å². The van der Waals surface area contributed by atoms with Gasteiger partial charge in [-0.2, -0.15) is 0 Å². The second-order valence-electron chi connectivity index (χ2n) is 5.40. The van der Waals surface area contributed by atoms with Gasteiger partial charge in [0.1, 0.15) is 0 Å². The number of hydrogen-bond donors (Lipinski definition) is 2. The number of amides is 2. The van der Waals surface area contributed by atoms with Crippen LogP contribution in [-0.2, 0) is 4.79 Å². The van der Waals surface area contributed by atoms with Crippen LogP contribution in [0.3, 0.4) is 0 Å². The zero-order valence-electron chi connectivity index (χ0n) is 13.1. The first kappa shape index (κ1) is 18.5. The molecule has 2 N–H and O–H groups in total. The summed E-state index contributed by atoms with van der Waals surface area (Å²) in [7, 11) is 1.81. The predicted octanol–water partition coefficient (Wildman–Crippen LogP) is 2.20. The van der Waals surface area contributed by atoms with Crippen molar-refractivity contribution in [2.24, 2.45) is 0 Å². The van der Waals surface area contributed by atoms with E-state index in [9.17, 15) is 9.59 Å². The van der Waals surface area contributed by atoms with Crippen molar-refractivity contribution < 1.29 is 9.59 Å². The van der Waals surface area contributed by atoms with Gasteiger partial charge in [-0.1, -0.05) is 12.1 Å². The first-order valence-corrected chi connectivity index (χ1v) is 7.47. The van der Waals surface area contributed by atoms with Crippen LogP contribution in [-0.4, -0.2) is 43.4 Å². The quantitative estimate of drug-likeness (QED) is 0.872. The maximum atomic E-state index is 12.6. The summed E-state index contributed by atoms with van der Waals surface area (Å²) in [6.45, 7) is 4.14. The summed E-state index contributed by atoms with van der Waals surface area (Å²) in [6.07, 6.45) is 2.50. The minimum atomic E-state index is -0.0783. The number of benzene rings is 1. The van der Waals surface area contributed by atoms with E-state index in [1.54, 1.807) is 6.07 Å². The van der Waals surface area contributed by atoms with Crippen molar-refractivity contribution in [3.8, 4) is 0 Å². The Kier molecular flexibility index (Phi) is 7.35. The van der Waals surface area contributed by atoms with Gasteiger partial charge in [-0.15, -0.1) is 12.4 Å². The summed E-state index contributed by atoms with van der Waals surface area (Å²) in [4.78, 5) is 26.4. The van der Waals surface area contributed by atoms with E-state index in [2.05, 4.69) is 10.6 Å². The Morgan fingerprint density at radius 1 is 1.23 bits per heavy atom. The van der Waals surface area contributed by atoms with E-state index in [-0.39, 0.29) is 24.2 Å². The van der Waals surface area contributed by atoms with E-state index in [0.717, 1.165) is 31.5 Å². The molecule has 0 unspecified atom stereocenters. The molecule has 1 aliphatic rings. The van der Waals surface area contributed by atoms with Gasteiger partial charge in [0.05, 0.1) is 11.3 Å². The highest BCUT2D eigenvalue weighted by atomic mass is 35.5. The van der Waals surface area contributed by atoms with E-state index in [1.807, 2.05) is 31.0 Å². The number of carbonyl (C=O) groups is 2. The molecule has 0 spiro atoms. The first-order valence-electron chi connectivity index (χ1n) is 7.47. The SMILES string of the molecule is CNCCC(=O)Nc1cccc(C)c1C(=O)N1CCCC1.Cl. The van der Waals surface area contributed by atoms with Crippen LogP contribution in [0.5, 0.6) is 0 Å². The summed E-state index contributed by atoms with van der Waals surface area (Å²) in [6, 6.07) is 5.57. The van der Waals surface area contributed by atoms with Crippen molar-refractivity contribution in [1.82, 2.24) is 10.2 Å². The van der Waals surface area contributed by atoms with Crippen molar-refractivity contribution >= 4 is 29.9 Å². The minimum Gasteiger partial charge on any atom is -0.339 e. The van der Waals surface area contributed by atoms with E-state index >= 15 is 0 Å². The van der Waals surface area contributed by atoms with Crippen molar-refractivity contribution in [3.63, 3.8) is 0 Å². The third-order valence-corrected chi connectivity index (χ3v) is 3.76. The highest BCUT2D eigenvalue weighted by molar-refractivity contribution is 6.05.